The first kappa shape index (κ1) is 25.2. The number of hydrogen-bond acceptors (Lipinski definition) is 5. The van der Waals surface area contributed by atoms with Crippen molar-refractivity contribution >= 4 is 29.5 Å². The maximum Gasteiger partial charge on any atom is 0.245 e. The van der Waals surface area contributed by atoms with Crippen LogP contribution in [0.25, 0.3) is 0 Å². The van der Waals surface area contributed by atoms with E-state index in [0.29, 0.717) is 6.42 Å². The minimum absolute atomic E-state index is 0.104. The van der Waals surface area contributed by atoms with E-state index in [2.05, 4.69) is 21.3 Å². The van der Waals surface area contributed by atoms with Gasteiger partial charge in [0.05, 0.1) is 12.6 Å². The number of carbonyl (C=O) groups is 5. The lowest BCUT2D eigenvalue weighted by Crippen LogP contribution is -2.54. The van der Waals surface area contributed by atoms with Crippen molar-refractivity contribution in [1.82, 2.24) is 26.2 Å². The number of nitrogens with zero attached hydrogens (tertiary/aromatic N) is 1. The lowest BCUT2D eigenvalue weighted by molar-refractivity contribution is -0.135. The van der Waals surface area contributed by atoms with Gasteiger partial charge >= 0.3 is 0 Å². The van der Waals surface area contributed by atoms with Crippen molar-refractivity contribution in [2.24, 2.45) is 5.92 Å². The second kappa shape index (κ2) is 10.7. The van der Waals surface area contributed by atoms with Gasteiger partial charge in [0.15, 0.2) is 0 Å². The number of carbonyl (C=O) groups excluding carboxylic acids is 5. The molecule has 0 saturated carbocycles. The third-order valence-corrected chi connectivity index (χ3v) is 6.06. The van der Waals surface area contributed by atoms with E-state index in [4.69, 9.17) is 0 Å². The summed E-state index contributed by atoms with van der Waals surface area (Å²) in [7, 11) is 0. The molecule has 0 bridgehead atoms. The van der Waals surface area contributed by atoms with E-state index >= 15 is 0 Å². The normalized spacial score (nSPS) is 28.7. The molecule has 5 atom stereocenters. The van der Waals surface area contributed by atoms with E-state index in [1.54, 1.807) is 13.8 Å². The Morgan fingerprint density at radius 2 is 1.56 bits per heavy atom. The fourth-order valence-corrected chi connectivity index (χ4v) is 4.19. The van der Waals surface area contributed by atoms with E-state index in [1.807, 2.05) is 44.2 Å². The number of rotatable bonds is 4. The smallest absolute Gasteiger partial charge is 0.245 e. The summed E-state index contributed by atoms with van der Waals surface area (Å²) in [6.07, 6.45) is 0.591. The Labute approximate surface area is 199 Å². The van der Waals surface area contributed by atoms with Crippen LogP contribution in [0.2, 0.25) is 0 Å². The van der Waals surface area contributed by atoms with Crippen molar-refractivity contribution in [2.75, 3.05) is 6.54 Å². The predicted octanol–water partition coefficient (Wildman–Crippen LogP) is -0.521. The summed E-state index contributed by atoms with van der Waals surface area (Å²) in [5.74, 6) is -2.28. The molecule has 2 heterocycles. The molecule has 1 aromatic rings. The van der Waals surface area contributed by atoms with E-state index in [1.165, 1.54) is 4.90 Å². The molecular formula is C24H33N5O5. The van der Waals surface area contributed by atoms with Crippen LogP contribution in [0.1, 0.15) is 39.7 Å². The first-order valence-electron chi connectivity index (χ1n) is 11.6. The summed E-state index contributed by atoms with van der Waals surface area (Å²) in [5, 5.41) is 10.6. The van der Waals surface area contributed by atoms with Crippen LogP contribution in [0.5, 0.6) is 0 Å². The molecule has 4 N–H and O–H groups in total. The zero-order valence-electron chi connectivity index (χ0n) is 20.0. The zero-order chi connectivity index (χ0) is 25.0. The standard InChI is InChI=1S/C24H33N5O5/c1-13(2)10-17-22(32)26-14(3)24(34)29-15(4)20(29)23(33)28-18(11-16-8-6-5-7-9-16)21(31)25-12-19(30)27-17/h5-9,13-15,17-18,20H,10-12H2,1-4H3,(H,25,31)(H,26,32)(H,27,30)(H,28,33)/t14-,15-,17-,18-,20-,29?/m0/s1. The minimum Gasteiger partial charge on any atom is -0.345 e. The second-order valence-electron chi connectivity index (χ2n) is 9.38. The Bertz CT molecular complexity index is 950. The molecule has 10 nitrogen and oxygen atoms in total. The van der Waals surface area contributed by atoms with Crippen LogP contribution in [0.3, 0.4) is 0 Å². The fraction of sp³-hybridized carbons (Fsp3) is 0.542. The highest BCUT2D eigenvalue weighted by atomic mass is 16.2. The van der Waals surface area contributed by atoms with Crippen LogP contribution in [-0.4, -0.2) is 71.2 Å². The monoisotopic (exact) mass is 471 g/mol. The van der Waals surface area contributed by atoms with Crippen LogP contribution in [0, 0.1) is 5.92 Å². The van der Waals surface area contributed by atoms with Gasteiger partial charge in [-0.05, 0) is 31.7 Å². The molecule has 0 aliphatic carbocycles. The Morgan fingerprint density at radius 1 is 0.882 bits per heavy atom. The SMILES string of the molecule is CC(C)C[C@@H]1NC(=O)CNC(=O)[C@H](Cc2ccccc2)NC(=O)[C@@H]2[C@H](C)N2C(=O)[C@H](C)NC1=O. The quantitative estimate of drug-likeness (QED) is 0.438. The molecule has 0 spiro atoms. The second-order valence-corrected chi connectivity index (χ2v) is 9.38. The van der Waals surface area contributed by atoms with E-state index in [-0.39, 0.29) is 24.9 Å². The van der Waals surface area contributed by atoms with Gasteiger partial charge in [0, 0.05) is 6.42 Å². The summed E-state index contributed by atoms with van der Waals surface area (Å²) < 4.78 is 0. The van der Waals surface area contributed by atoms with Gasteiger partial charge in [-0.3, -0.25) is 24.0 Å². The molecule has 0 radical (unpaired) electrons. The zero-order valence-corrected chi connectivity index (χ0v) is 20.0. The van der Waals surface area contributed by atoms with Crippen molar-refractivity contribution in [2.45, 2.75) is 70.7 Å². The largest absolute Gasteiger partial charge is 0.345 e. The van der Waals surface area contributed by atoms with Gasteiger partial charge in [0.25, 0.3) is 0 Å². The molecule has 184 valence electrons. The molecule has 3 rings (SSSR count). The van der Waals surface area contributed by atoms with Crippen LogP contribution in [-0.2, 0) is 30.4 Å². The summed E-state index contributed by atoms with van der Waals surface area (Å²) in [4.78, 5) is 65.5. The van der Waals surface area contributed by atoms with Crippen molar-refractivity contribution < 1.29 is 24.0 Å². The topological polar surface area (TPSA) is 136 Å². The molecule has 2 saturated heterocycles. The van der Waals surface area contributed by atoms with Crippen molar-refractivity contribution in [3.63, 3.8) is 0 Å². The fourth-order valence-electron chi connectivity index (χ4n) is 4.19. The van der Waals surface area contributed by atoms with E-state index in [0.717, 1.165) is 5.56 Å². The van der Waals surface area contributed by atoms with Gasteiger partial charge < -0.3 is 26.2 Å². The predicted molar refractivity (Wildman–Crippen MR) is 124 cm³/mol. The molecular weight excluding hydrogens is 438 g/mol. The Kier molecular flexibility index (Phi) is 7.90. The lowest BCUT2D eigenvalue weighted by atomic mass is 10.0. The molecule has 34 heavy (non-hydrogen) atoms. The average molecular weight is 472 g/mol. The third-order valence-electron chi connectivity index (χ3n) is 6.06. The van der Waals surface area contributed by atoms with Gasteiger partial charge in [-0.1, -0.05) is 44.2 Å². The first-order chi connectivity index (χ1) is 16.1. The number of benzene rings is 1. The first-order valence-corrected chi connectivity index (χ1v) is 11.6. The van der Waals surface area contributed by atoms with Crippen LogP contribution < -0.4 is 21.3 Å². The summed E-state index contributed by atoms with van der Waals surface area (Å²) >= 11 is 0. The molecule has 2 aliphatic rings. The summed E-state index contributed by atoms with van der Waals surface area (Å²) in [6.45, 7) is 6.78. The lowest BCUT2D eigenvalue weighted by Gasteiger charge is -2.22. The van der Waals surface area contributed by atoms with Gasteiger partial charge in [-0.15, -0.1) is 0 Å². The van der Waals surface area contributed by atoms with Crippen LogP contribution >= 0.6 is 0 Å². The number of hydrogen-bond donors (Lipinski definition) is 4. The molecule has 2 aliphatic heterocycles. The average Bonchev–Trinajstić information content (AvgIpc) is 3.46. The molecule has 0 unspecified atom stereocenters. The van der Waals surface area contributed by atoms with Crippen molar-refractivity contribution in [3.05, 3.63) is 35.9 Å². The highest BCUT2D eigenvalue weighted by Crippen LogP contribution is 2.29. The Balaban J connectivity index is 1.85. The number of nitrogens with one attached hydrogen (secondary N) is 4. The molecule has 1 aromatic carbocycles. The molecule has 10 heteroatoms. The summed E-state index contributed by atoms with van der Waals surface area (Å²) in [5.41, 5.74) is 0.836. The highest BCUT2D eigenvalue weighted by Gasteiger charge is 2.54. The highest BCUT2D eigenvalue weighted by molar-refractivity contribution is 6.00. The number of fused-ring (bicyclic) bond motifs is 1. The maximum atomic E-state index is 13.0. The van der Waals surface area contributed by atoms with Crippen molar-refractivity contribution in [1.29, 1.82) is 0 Å². The molecule has 5 amide bonds. The third kappa shape index (κ3) is 6.12. The van der Waals surface area contributed by atoms with Crippen molar-refractivity contribution in [3.8, 4) is 0 Å². The minimum atomic E-state index is -0.929. The van der Waals surface area contributed by atoms with Gasteiger partial charge in [-0.25, -0.2) is 0 Å². The van der Waals surface area contributed by atoms with Gasteiger partial charge in [0.2, 0.25) is 29.5 Å². The molecule has 0 aromatic heterocycles. The van der Waals surface area contributed by atoms with Crippen LogP contribution in [0.4, 0.5) is 0 Å². The van der Waals surface area contributed by atoms with Gasteiger partial charge in [0.1, 0.15) is 24.2 Å². The van der Waals surface area contributed by atoms with Gasteiger partial charge in [-0.2, -0.15) is 0 Å². The summed E-state index contributed by atoms with van der Waals surface area (Å²) in [6, 6.07) is 5.46. The Morgan fingerprint density at radius 3 is 2.21 bits per heavy atom. The molecule has 2 fully saturated rings. The van der Waals surface area contributed by atoms with Crippen LogP contribution in [0.15, 0.2) is 30.3 Å². The van der Waals surface area contributed by atoms with E-state index < -0.39 is 53.7 Å². The number of amides is 5. The maximum absolute atomic E-state index is 13.0. The van der Waals surface area contributed by atoms with E-state index in [9.17, 15) is 24.0 Å². The Hall–Kier alpha value is -3.43.